The quantitative estimate of drug-likeness (QED) is 0.773. The predicted molar refractivity (Wildman–Crippen MR) is 60.9 cm³/mol. The minimum atomic E-state index is -2.85. The van der Waals surface area contributed by atoms with Gasteiger partial charge >= 0.3 is 12.2 Å². The molecule has 5 nitrogen and oxygen atoms in total. The van der Waals surface area contributed by atoms with E-state index >= 15 is 0 Å². The highest BCUT2D eigenvalue weighted by Crippen LogP contribution is 2.25. The van der Waals surface area contributed by atoms with E-state index in [1.54, 1.807) is 0 Å². The van der Waals surface area contributed by atoms with Crippen LogP contribution in [0.4, 0.5) is 13.2 Å². The van der Waals surface area contributed by atoms with Crippen molar-refractivity contribution in [2.75, 3.05) is 0 Å². The van der Waals surface area contributed by atoms with Gasteiger partial charge in [0.1, 0.15) is 0 Å². The number of hydrogen-bond acceptors (Lipinski definition) is 2. The fraction of sp³-hybridized carbons (Fsp3) is 0.0909. The molecule has 1 aromatic carbocycles. The lowest BCUT2D eigenvalue weighted by Gasteiger charge is -2.05. The summed E-state index contributed by atoms with van der Waals surface area (Å²) in [4.78, 5) is 13.8. The molecule has 0 bridgehead atoms. The van der Waals surface area contributed by atoms with Crippen molar-refractivity contribution >= 4 is 10.9 Å². The van der Waals surface area contributed by atoms with Gasteiger partial charge in [0.25, 0.3) is 0 Å². The van der Waals surface area contributed by atoms with E-state index < -0.39 is 18.1 Å². The molecule has 0 aliphatic carbocycles. The van der Waals surface area contributed by atoms with E-state index in [2.05, 4.69) is 10.1 Å². The number of aromatic amines is 1. The average molecular weight is 268 g/mol. The third kappa shape index (κ3) is 1.64. The molecule has 8 heteroatoms. The molecule has 2 aromatic heterocycles. The molecule has 0 aliphatic heterocycles. The monoisotopic (exact) mass is 268 g/mol. The van der Waals surface area contributed by atoms with Crippen LogP contribution in [-0.2, 0) is 0 Å². The molecule has 1 N–H and O–H groups in total. The standard InChI is InChI=1S/C11H7F3N4O/c12-9-6-5-16-18(10(13)14)7(6)1-2-8(9)17-4-3-15-11(17)19/h1-5,10H,(H,15,19). The van der Waals surface area contributed by atoms with Crippen LogP contribution in [-0.4, -0.2) is 19.3 Å². The zero-order valence-corrected chi connectivity index (χ0v) is 9.35. The van der Waals surface area contributed by atoms with Crippen LogP contribution in [0.2, 0.25) is 0 Å². The van der Waals surface area contributed by atoms with E-state index in [1.165, 1.54) is 24.5 Å². The molecule has 0 fully saturated rings. The maximum absolute atomic E-state index is 14.2. The van der Waals surface area contributed by atoms with Crippen LogP contribution in [0.25, 0.3) is 16.6 Å². The number of nitrogens with zero attached hydrogens (tertiary/aromatic N) is 3. The van der Waals surface area contributed by atoms with Crippen molar-refractivity contribution in [3.8, 4) is 5.69 Å². The van der Waals surface area contributed by atoms with Gasteiger partial charge in [0, 0.05) is 12.4 Å². The van der Waals surface area contributed by atoms with Crippen LogP contribution in [0.3, 0.4) is 0 Å². The highest BCUT2D eigenvalue weighted by molar-refractivity contribution is 5.81. The van der Waals surface area contributed by atoms with Gasteiger partial charge in [0.05, 0.1) is 22.8 Å². The first-order valence-corrected chi connectivity index (χ1v) is 5.30. The molecule has 0 amide bonds. The SMILES string of the molecule is O=c1[nH]ccn1-c1ccc2c(cnn2C(F)F)c1F. The third-order valence-electron chi connectivity index (χ3n) is 2.79. The molecular weight excluding hydrogens is 261 g/mol. The summed E-state index contributed by atoms with van der Waals surface area (Å²) < 4.78 is 40.9. The Labute approximate surface area is 103 Å². The lowest BCUT2D eigenvalue weighted by atomic mass is 10.2. The molecular formula is C11H7F3N4O. The summed E-state index contributed by atoms with van der Waals surface area (Å²) in [5.74, 6) is -0.772. The van der Waals surface area contributed by atoms with Crippen molar-refractivity contribution in [2.45, 2.75) is 6.55 Å². The van der Waals surface area contributed by atoms with Crippen molar-refractivity contribution in [1.82, 2.24) is 19.3 Å². The average Bonchev–Trinajstić information content (AvgIpc) is 2.96. The highest BCUT2D eigenvalue weighted by Gasteiger charge is 2.17. The molecule has 0 saturated heterocycles. The summed E-state index contributed by atoms with van der Waals surface area (Å²) in [7, 11) is 0. The van der Waals surface area contributed by atoms with Crippen molar-refractivity contribution in [3.05, 3.63) is 47.0 Å². The Hall–Kier alpha value is -2.51. The number of alkyl halides is 2. The first kappa shape index (κ1) is 11.6. The van der Waals surface area contributed by atoms with Gasteiger partial charge in [0.2, 0.25) is 0 Å². The summed E-state index contributed by atoms with van der Waals surface area (Å²) in [5.41, 5.74) is -0.563. The minimum absolute atomic E-state index is 0.0208. The predicted octanol–water partition coefficient (Wildman–Crippen LogP) is 2.05. The Morgan fingerprint density at radius 1 is 1.32 bits per heavy atom. The van der Waals surface area contributed by atoms with E-state index in [9.17, 15) is 18.0 Å². The van der Waals surface area contributed by atoms with Gasteiger partial charge in [0.15, 0.2) is 5.82 Å². The van der Waals surface area contributed by atoms with Crippen LogP contribution in [0.1, 0.15) is 6.55 Å². The van der Waals surface area contributed by atoms with E-state index in [0.29, 0.717) is 4.68 Å². The lowest BCUT2D eigenvalue weighted by molar-refractivity contribution is 0.0615. The maximum Gasteiger partial charge on any atom is 0.333 e. The number of rotatable bonds is 2. The molecule has 0 spiro atoms. The van der Waals surface area contributed by atoms with E-state index in [1.807, 2.05) is 0 Å². The van der Waals surface area contributed by atoms with Crippen LogP contribution in [0.15, 0.2) is 35.5 Å². The largest absolute Gasteiger partial charge is 0.333 e. The van der Waals surface area contributed by atoms with E-state index in [0.717, 1.165) is 10.8 Å². The third-order valence-corrected chi connectivity index (χ3v) is 2.79. The van der Waals surface area contributed by atoms with Gasteiger partial charge in [-0.25, -0.2) is 13.9 Å². The fourth-order valence-corrected chi connectivity index (χ4v) is 1.93. The zero-order valence-electron chi connectivity index (χ0n) is 9.35. The Morgan fingerprint density at radius 2 is 2.11 bits per heavy atom. The van der Waals surface area contributed by atoms with Gasteiger partial charge in [-0.05, 0) is 12.1 Å². The molecule has 0 saturated carbocycles. The van der Waals surface area contributed by atoms with Crippen LogP contribution in [0.5, 0.6) is 0 Å². The summed E-state index contributed by atoms with van der Waals surface area (Å²) in [5, 5.41) is 3.37. The summed E-state index contributed by atoms with van der Waals surface area (Å²) in [6.45, 7) is -2.85. The summed E-state index contributed by atoms with van der Waals surface area (Å²) in [6.07, 6.45) is 3.72. The second-order valence-electron chi connectivity index (χ2n) is 3.83. The Balaban J connectivity index is 2.28. The molecule has 0 aliphatic rings. The van der Waals surface area contributed by atoms with Crippen LogP contribution in [0, 0.1) is 5.82 Å². The molecule has 3 rings (SSSR count). The summed E-state index contributed by atoms with van der Waals surface area (Å²) in [6, 6.07) is 2.56. The number of hydrogen-bond donors (Lipinski definition) is 1. The number of benzene rings is 1. The number of aromatic nitrogens is 4. The number of nitrogens with one attached hydrogen (secondary N) is 1. The van der Waals surface area contributed by atoms with Crippen LogP contribution < -0.4 is 5.69 Å². The Bertz CT molecular complexity index is 802. The summed E-state index contributed by atoms with van der Waals surface area (Å²) >= 11 is 0. The first-order valence-electron chi connectivity index (χ1n) is 5.30. The number of halogens is 3. The number of H-pyrrole nitrogens is 1. The normalized spacial score (nSPS) is 11.6. The van der Waals surface area contributed by atoms with Crippen molar-refractivity contribution in [3.63, 3.8) is 0 Å². The maximum atomic E-state index is 14.2. The topological polar surface area (TPSA) is 55.6 Å². The first-order chi connectivity index (χ1) is 9.09. The molecule has 19 heavy (non-hydrogen) atoms. The minimum Gasteiger partial charge on any atom is -0.312 e. The molecule has 2 heterocycles. The Kier molecular flexibility index (Phi) is 2.44. The van der Waals surface area contributed by atoms with E-state index in [4.69, 9.17) is 0 Å². The number of imidazole rings is 1. The smallest absolute Gasteiger partial charge is 0.312 e. The fourth-order valence-electron chi connectivity index (χ4n) is 1.93. The van der Waals surface area contributed by atoms with E-state index in [-0.39, 0.29) is 16.6 Å². The number of fused-ring (bicyclic) bond motifs is 1. The van der Waals surface area contributed by atoms with Gasteiger partial charge in [-0.1, -0.05) is 0 Å². The molecule has 0 atom stereocenters. The van der Waals surface area contributed by atoms with Gasteiger partial charge < -0.3 is 4.98 Å². The van der Waals surface area contributed by atoms with Crippen molar-refractivity contribution in [2.24, 2.45) is 0 Å². The van der Waals surface area contributed by atoms with Crippen molar-refractivity contribution < 1.29 is 13.2 Å². The molecule has 0 radical (unpaired) electrons. The van der Waals surface area contributed by atoms with Gasteiger partial charge in [-0.3, -0.25) is 4.57 Å². The Morgan fingerprint density at radius 3 is 2.74 bits per heavy atom. The molecule has 3 aromatic rings. The zero-order chi connectivity index (χ0) is 13.6. The highest BCUT2D eigenvalue weighted by atomic mass is 19.3. The van der Waals surface area contributed by atoms with Crippen LogP contribution >= 0.6 is 0 Å². The second kappa shape index (κ2) is 4.01. The lowest BCUT2D eigenvalue weighted by Crippen LogP contribution is -2.15. The molecule has 98 valence electrons. The van der Waals surface area contributed by atoms with Gasteiger partial charge in [-0.2, -0.15) is 13.9 Å². The second-order valence-corrected chi connectivity index (χ2v) is 3.83. The van der Waals surface area contributed by atoms with Gasteiger partial charge in [-0.15, -0.1) is 0 Å². The molecule has 0 unspecified atom stereocenters. The van der Waals surface area contributed by atoms with Crippen molar-refractivity contribution in [1.29, 1.82) is 0 Å².